The van der Waals surface area contributed by atoms with Crippen LogP contribution in [0.15, 0.2) is 94.6 Å². The van der Waals surface area contributed by atoms with Gasteiger partial charge in [-0.05, 0) is 28.3 Å². The lowest BCUT2D eigenvalue weighted by atomic mass is 10.1. The Bertz CT molecular complexity index is 1760. The van der Waals surface area contributed by atoms with Gasteiger partial charge in [-0.25, -0.2) is 0 Å². The van der Waals surface area contributed by atoms with Crippen LogP contribution in [0.4, 0.5) is 5.69 Å². The largest absolute Gasteiger partial charge is 1.00 e. The zero-order valence-electron chi connectivity index (χ0n) is 19.2. The van der Waals surface area contributed by atoms with Crippen LogP contribution in [0.25, 0.3) is 37.5 Å². The summed E-state index contributed by atoms with van der Waals surface area (Å²) in [5.41, 5.74) is 2.55. The quantitative estimate of drug-likeness (QED) is 0.286. The number of anilines is 1. The molecule has 3 aliphatic heterocycles. The second-order valence-electron chi connectivity index (χ2n) is 8.96. The molecule has 3 aliphatic rings. The van der Waals surface area contributed by atoms with E-state index >= 15 is 0 Å². The Balaban J connectivity index is 0.00000220. The number of fused-ring (bicyclic) bond motifs is 10. The molecule has 0 spiro atoms. The second-order valence-corrected chi connectivity index (χ2v) is 11.0. The lowest BCUT2D eigenvalue weighted by molar-refractivity contribution is -0.676. The van der Waals surface area contributed by atoms with Gasteiger partial charge in [-0.1, -0.05) is 77.7 Å². The molecule has 0 unspecified atom stereocenters. The van der Waals surface area contributed by atoms with Crippen molar-refractivity contribution in [1.29, 1.82) is 0 Å². The van der Waals surface area contributed by atoms with E-state index in [1.165, 1.54) is 42.3 Å². The van der Waals surface area contributed by atoms with Crippen molar-refractivity contribution in [3.05, 3.63) is 94.7 Å². The molecule has 0 saturated carbocycles. The van der Waals surface area contributed by atoms with Gasteiger partial charge < -0.3 is 31.4 Å². The first-order chi connectivity index (χ1) is 17.3. The number of hydrogen-bond donors (Lipinski definition) is 0. The highest BCUT2D eigenvalue weighted by Crippen LogP contribution is 2.51. The Labute approximate surface area is 227 Å². The third kappa shape index (κ3) is 3.23. The molecule has 0 saturated heterocycles. The smallest absolute Gasteiger partial charge is 0.305 e. The molecule has 4 heterocycles. The van der Waals surface area contributed by atoms with Crippen molar-refractivity contribution in [3.8, 4) is 0 Å². The van der Waals surface area contributed by atoms with E-state index in [0.29, 0.717) is 13.2 Å². The number of allylic oxidation sites excluding steroid dienone is 1. The molecule has 0 bridgehead atoms. The summed E-state index contributed by atoms with van der Waals surface area (Å²) >= 11 is 3.62. The van der Waals surface area contributed by atoms with Gasteiger partial charge >= 0.3 is 5.01 Å². The maximum atomic E-state index is 6.25. The van der Waals surface area contributed by atoms with Gasteiger partial charge in [0.2, 0.25) is 11.3 Å². The van der Waals surface area contributed by atoms with E-state index in [-0.39, 0.29) is 17.0 Å². The predicted octanol–water partition coefficient (Wildman–Crippen LogP) is 3.68. The monoisotopic (exact) mass is 572 g/mol. The predicted molar refractivity (Wildman–Crippen MR) is 144 cm³/mol. The summed E-state index contributed by atoms with van der Waals surface area (Å²) in [6.07, 6.45) is 2.12. The van der Waals surface area contributed by atoms with Crippen molar-refractivity contribution in [3.63, 3.8) is 0 Å². The Morgan fingerprint density at radius 1 is 0.833 bits per heavy atom. The molecule has 5 aromatic rings. The van der Waals surface area contributed by atoms with Crippen LogP contribution in [-0.2, 0) is 16.0 Å². The van der Waals surface area contributed by atoms with Crippen LogP contribution in [0.3, 0.4) is 0 Å². The van der Waals surface area contributed by atoms with E-state index in [4.69, 9.17) is 9.47 Å². The second kappa shape index (κ2) is 8.54. The van der Waals surface area contributed by atoms with E-state index in [2.05, 4.69) is 88.3 Å². The fourth-order valence-corrected chi connectivity index (χ4v) is 7.96. The topological polar surface area (TPSA) is 25.6 Å². The molecule has 7 heteroatoms. The molecule has 0 amide bonds. The maximum Gasteiger partial charge on any atom is 0.305 e. The molecule has 4 nitrogen and oxygen atoms in total. The Hall–Kier alpha value is -3.00. The van der Waals surface area contributed by atoms with Crippen molar-refractivity contribution >= 4 is 66.3 Å². The fraction of sp³-hybridized carbons (Fsp3) is 0.138. The summed E-state index contributed by atoms with van der Waals surface area (Å²) in [6.45, 7) is 3.03. The third-order valence-corrected chi connectivity index (χ3v) is 9.51. The third-order valence-electron chi connectivity index (χ3n) is 7.02. The van der Waals surface area contributed by atoms with E-state index in [0.717, 1.165) is 34.6 Å². The van der Waals surface area contributed by atoms with Gasteiger partial charge in [0.1, 0.15) is 22.9 Å². The highest BCUT2D eigenvalue weighted by molar-refractivity contribution is 8.04. The van der Waals surface area contributed by atoms with Gasteiger partial charge in [0.15, 0.2) is 12.3 Å². The van der Waals surface area contributed by atoms with Crippen LogP contribution in [-0.4, -0.2) is 19.8 Å². The van der Waals surface area contributed by atoms with Gasteiger partial charge in [0, 0.05) is 22.4 Å². The highest BCUT2D eigenvalue weighted by atomic mass is 79.9. The van der Waals surface area contributed by atoms with Crippen LogP contribution < -0.4 is 26.4 Å². The molecule has 178 valence electrons. The van der Waals surface area contributed by atoms with E-state index < -0.39 is 0 Å². The molecular weight excluding hydrogens is 552 g/mol. The van der Waals surface area contributed by atoms with Gasteiger partial charge in [0.05, 0.1) is 12.2 Å². The molecule has 0 radical (unpaired) electrons. The molecule has 0 aliphatic carbocycles. The summed E-state index contributed by atoms with van der Waals surface area (Å²) in [5, 5.41) is 7.45. The van der Waals surface area contributed by atoms with Crippen LogP contribution in [0.1, 0.15) is 5.01 Å². The first kappa shape index (κ1) is 22.2. The zero-order chi connectivity index (χ0) is 22.9. The average molecular weight is 574 g/mol. The van der Waals surface area contributed by atoms with Crippen LogP contribution in [0.2, 0.25) is 0 Å². The maximum absolute atomic E-state index is 6.25. The van der Waals surface area contributed by atoms with Crippen LogP contribution in [0.5, 0.6) is 0 Å². The number of aromatic nitrogens is 1. The molecule has 4 aromatic carbocycles. The van der Waals surface area contributed by atoms with Gasteiger partial charge in [-0.2, -0.15) is 4.57 Å². The first-order valence-electron chi connectivity index (χ1n) is 11.9. The van der Waals surface area contributed by atoms with Crippen LogP contribution in [0, 0.1) is 0 Å². The molecule has 0 atom stereocenters. The number of nitrogens with zero attached hydrogens (tertiary/aromatic N) is 2. The van der Waals surface area contributed by atoms with E-state index in [1.807, 2.05) is 23.1 Å². The zero-order valence-corrected chi connectivity index (χ0v) is 22.5. The van der Waals surface area contributed by atoms with Crippen molar-refractivity contribution in [2.24, 2.45) is 0 Å². The first-order valence-corrected chi connectivity index (χ1v) is 13.5. The van der Waals surface area contributed by atoms with Gasteiger partial charge in [-0.15, -0.1) is 0 Å². The Morgan fingerprint density at radius 2 is 1.61 bits per heavy atom. The normalized spacial score (nSPS) is 17.6. The van der Waals surface area contributed by atoms with Crippen molar-refractivity contribution in [2.75, 3.05) is 24.7 Å². The SMILES string of the molecule is C(=C1OCC[n+]2c1sc1c3ccccc3ccc12)C1=C2Sc3c(ccc4ccccc34)N2CCO1.[Br-]. The Kier molecular flexibility index (Phi) is 5.27. The minimum absolute atomic E-state index is 0. The highest BCUT2D eigenvalue weighted by Gasteiger charge is 2.35. The molecule has 8 rings (SSSR count). The summed E-state index contributed by atoms with van der Waals surface area (Å²) in [6, 6.07) is 26.2. The number of ether oxygens (including phenoxy) is 2. The summed E-state index contributed by atoms with van der Waals surface area (Å²) in [7, 11) is 0. The number of benzene rings is 4. The fourth-order valence-electron chi connectivity index (χ4n) is 5.38. The standard InChI is InChI=1S/C29H21N2O2S2.BrH/c1-3-7-20-18(5-1)9-11-22-26(20)34-28-24(32-15-13-30(22)28)17-25-29-31(14-16-33-25)23-12-10-19-6-2-4-8-21(19)27(23)35-29;/h1-12,17H,13-16H2;1H/q+1;/p-1. The molecule has 36 heavy (non-hydrogen) atoms. The minimum atomic E-state index is 0. The summed E-state index contributed by atoms with van der Waals surface area (Å²) in [5.74, 6) is 1.79. The molecule has 0 fully saturated rings. The minimum Gasteiger partial charge on any atom is -1.00 e. The lowest BCUT2D eigenvalue weighted by Crippen LogP contribution is -3.00. The van der Waals surface area contributed by atoms with E-state index in [1.54, 1.807) is 0 Å². The number of halogens is 1. The van der Waals surface area contributed by atoms with Gasteiger partial charge in [0.25, 0.3) is 0 Å². The summed E-state index contributed by atoms with van der Waals surface area (Å²) < 4.78 is 16.2. The number of rotatable bonds is 1. The van der Waals surface area contributed by atoms with Crippen molar-refractivity contribution in [1.82, 2.24) is 0 Å². The Morgan fingerprint density at radius 3 is 2.50 bits per heavy atom. The number of hydrogen-bond acceptors (Lipinski definition) is 5. The number of thioether (sulfide) groups is 1. The van der Waals surface area contributed by atoms with Gasteiger partial charge in [-0.3, -0.25) is 0 Å². The van der Waals surface area contributed by atoms with Crippen molar-refractivity contribution < 1.29 is 31.0 Å². The molecular formula is C29H21BrN2O2S2. The molecule has 0 N–H and O–H groups in total. The van der Waals surface area contributed by atoms with Crippen molar-refractivity contribution in [2.45, 2.75) is 11.4 Å². The van der Waals surface area contributed by atoms with Crippen LogP contribution >= 0.6 is 23.1 Å². The average Bonchev–Trinajstić information content (AvgIpc) is 3.49. The van der Waals surface area contributed by atoms with E-state index in [9.17, 15) is 0 Å². The lowest BCUT2D eigenvalue weighted by Gasteiger charge is -2.27. The molecule has 1 aromatic heterocycles. The summed E-state index contributed by atoms with van der Waals surface area (Å²) in [4.78, 5) is 3.71. The number of thiazole rings is 1.